The van der Waals surface area contributed by atoms with Gasteiger partial charge in [0, 0.05) is 17.3 Å². The molecule has 6 rings (SSSR count). The number of aliphatic hydroxyl groups excluding tert-OH is 1. The summed E-state index contributed by atoms with van der Waals surface area (Å²) in [6.07, 6.45) is 16.1. The highest BCUT2D eigenvalue weighted by molar-refractivity contribution is 8.01. The molecular weight excluding hydrogens is 462 g/mol. The zero-order valence-electron chi connectivity index (χ0n) is 20.0. The summed E-state index contributed by atoms with van der Waals surface area (Å²) >= 11 is 3.30. The number of hydrogen-bond donors (Lipinski definition) is 1. The molecule has 5 aliphatic rings. The van der Waals surface area contributed by atoms with Crippen LogP contribution in [0.25, 0.3) is 6.08 Å². The molecule has 6 unspecified atom stereocenters. The van der Waals surface area contributed by atoms with Crippen LogP contribution in [-0.2, 0) is 16.0 Å². The summed E-state index contributed by atoms with van der Waals surface area (Å²) in [4.78, 5) is 31.5. The number of aliphatic hydroxyl groups is 1. The van der Waals surface area contributed by atoms with Crippen LogP contribution >= 0.6 is 23.1 Å². The number of aromatic nitrogens is 1. The molecule has 6 heteroatoms. The van der Waals surface area contributed by atoms with Crippen LogP contribution in [-0.4, -0.2) is 33.5 Å². The number of aryl methyl sites for hydroxylation is 1. The van der Waals surface area contributed by atoms with E-state index >= 15 is 0 Å². The predicted octanol–water partition coefficient (Wildman–Crippen LogP) is 5.66. The van der Waals surface area contributed by atoms with Crippen molar-refractivity contribution in [3.8, 4) is 0 Å². The van der Waals surface area contributed by atoms with E-state index in [1.807, 2.05) is 0 Å². The van der Waals surface area contributed by atoms with Gasteiger partial charge in [0.1, 0.15) is 5.78 Å². The van der Waals surface area contributed by atoms with Crippen molar-refractivity contribution in [2.45, 2.75) is 69.2 Å². The predicted molar refractivity (Wildman–Crippen MR) is 137 cm³/mol. The molecule has 0 aliphatic heterocycles. The Bertz CT molecular complexity index is 1130. The number of nitrogens with zero attached hydrogens (tertiary/aromatic N) is 1. The van der Waals surface area contributed by atoms with Crippen molar-refractivity contribution in [3.63, 3.8) is 0 Å². The summed E-state index contributed by atoms with van der Waals surface area (Å²) in [6, 6.07) is 0. The van der Waals surface area contributed by atoms with Crippen molar-refractivity contribution < 1.29 is 14.7 Å². The first-order valence-corrected chi connectivity index (χ1v) is 14.5. The van der Waals surface area contributed by atoms with Gasteiger partial charge in [-0.2, -0.15) is 0 Å². The van der Waals surface area contributed by atoms with Crippen LogP contribution in [0, 0.1) is 34.5 Å². The molecule has 1 aromatic rings. The third-order valence-electron chi connectivity index (χ3n) is 9.74. The molecule has 7 atom stereocenters. The van der Waals surface area contributed by atoms with E-state index in [0.717, 1.165) is 42.9 Å². The first-order valence-electron chi connectivity index (χ1n) is 12.7. The molecule has 4 nitrogen and oxygen atoms in total. The zero-order valence-corrected chi connectivity index (χ0v) is 21.6. The van der Waals surface area contributed by atoms with Gasteiger partial charge in [0.2, 0.25) is 0 Å². The van der Waals surface area contributed by atoms with Gasteiger partial charge in [-0.05, 0) is 80.4 Å². The minimum atomic E-state index is -0.448. The van der Waals surface area contributed by atoms with E-state index in [1.54, 1.807) is 35.3 Å². The van der Waals surface area contributed by atoms with Crippen molar-refractivity contribution in [2.75, 3.05) is 5.75 Å². The minimum Gasteiger partial charge on any atom is -0.393 e. The molecule has 5 aliphatic carbocycles. The van der Waals surface area contributed by atoms with E-state index < -0.39 is 6.10 Å². The maximum absolute atomic E-state index is 13.5. The quantitative estimate of drug-likeness (QED) is 0.546. The van der Waals surface area contributed by atoms with E-state index in [4.69, 9.17) is 4.98 Å². The third kappa shape index (κ3) is 3.47. The molecule has 0 radical (unpaired) electrons. The topological polar surface area (TPSA) is 67.3 Å². The Morgan fingerprint density at radius 2 is 2.09 bits per heavy atom. The number of carbonyl (C=O) groups excluding carboxylic acids is 2. The number of Topliss-reactive ketones (excluding diaryl/α,β-unsaturated/α-hetero) is 1. The first kappa shape index (κ1) is 22.9. The second kappa shape index (κ2) is 8.28. The average Bonchev–Trinajstić information content (AvgIpc) is 3.37. The van der Waals surface area contributed by atoms with Crippen LogP contribution in [0.2, 0.25) is 0 Å². The van der Waals surface area contributed by atoms with Gasteiger partial charge in [-0.15, -0.1) is 11.3 Å². The molecule has 1 aromatic heterocycles. The number of thiazole rings is 1. The highest BCUT2D eigenvalue weighted by Gasteiger charge is 2.62. The number of thioether (sulfide) groups is 1. The van der Waals surface area contributed by atoms with Crippen molar-refractivity contribution in [1.82, 2.24) is 4.98 Å². The second-order valence-electron chi connectivity index (χ2n) is 11.4. The first-order chi connectivity index (χ1) is 16.3. The highest BCUT2D eigenvalue weighted by Crippen LogP contribution is 2.66. The molecule has 3 saturated carbocycles. The molecule has 0 saturated heterocycles. The van der Waals surface area contributed by atoms with E-state index in [1.165, 1.54) is 16.1 Å². The number of fused-ring (bicyclic) bond motifs is 6. The number of allylic oxidation sites excluding steroid dienone is 5. The lowest BCUT2D eigenvalue weighted by atomic mass is 9.46. The molecule has 0 bridgehead atoms. The number of carbonyl (C=O) groups is 2. The lowest BCUT2D eigenvalue weighted by molar-refractivity contribution is -0.137. The molecular formula is C28H33NO3S2. The number of ketones is 2. The SMILES string of the molecule is CC12C=CC(=O)C=C1CCC1C2[C@@H](O)CC2(C)C(C(=O)CSc3nc4c(s3)C=CCC4)CCC12. The molecule has 0 amide bonds. The smallest absolute Gasteiger partial charge is 0.178 e. The molecule has 1 N–H and O–H groups in total. The van der Waals surface area contributed by atoms with Crippen LogP contribution in [0.15, 0.2) is 34.2 Å². The van der Waals surface area contributed by atoms with Crippen molar-refractivity contribution in [3.05, 3.63) is 40.4 Å². The monoisotopic (exact) mass is 495 g/mol. The Morgan fingerprint density at radius 3 is 2.91 bits per heavy atom. The lowest BCUT2D eigenvalue weighted by Crippen LogP contribution is -2.56. The summed E-state index contributed by atoms with van der Waals surface area (Å²) in [5.74, 6) is 1.88. The van der Waals surface area contributed by atoms with E-state index in [0.29, 0.717) is 29.8 Å². The van der Waals surface area contributed by atoms with Crippen molar-refractivity contribution in [2.24, 2.45) is 34.5 Å². The minimum absolute atomic E-state index is 0.0169. The molecule has 0 spiro atoms. The summed E-state index contributed by atoms with van der Waals surface area (Å²) in [6.45, 7) is 4.49. The second-order valence-corrected chi connectivity index (χ2v) is 13.7. The molecule has 0 aromatic carbocycles. The van der Waals surface area contributed by atoms with Crippen molar-refractivity contribution >= 4 is 40.7 Å². The van der Waals surface area contributed by atoms with Crippen LogP contribution < -0.4 is 0 Å². The standard InChI is InChI=1S/C28H33NO3S2/c1-27-12-11-17(30)13-16(27)7-8-18-19-9-10-20(28(19,2)14-22(31)25(18)27)23(32)15-33-26-29-21-5-3-4-6-24(21)34-26/h4,6,11-13,18-20,22,25,31H,3,5,7-10,14-15H2,1-2H3/t18?,19?,20?,22-,25?,27?,28?/m0/s1. The Hall–Kier alpha value is -1.50. The largest absolute Gasteiger partial charge is 0.393 e. The summed E-state index contributed by atoms with van der Waals surface area (Å²) in [5, 5.41) is 11.5. The fraction of sp³-hybridized carbons (Fsp3) is 0.607. The van der Waals surface area contributed by atoms with Crippen LogP contribution in [0.4, 0.5) is 0 Å². The van der Waals surface area contributed by atoms with Gasteiger partial charge in [0.25, 0.3) is 0 Å². The number of hydrogen-bond acceptors (Lipinski definition) is 6. The van der Waals surface area contributed by atoms with Crippen LogP contribution in [0.5, 0.6) is 0 Å². The maximum Gasteiger partial charge on any atom is 0.178 e. The molecule has 180 valence electrons. The lowest BCUT2D eigenvalue weighted by Gasteiger charge is -2.58. The molecule has 3 fully saturated rings. The van der Waals surface area contributed by atoms with Gasteiger partial charge < -0.3 is 5.11 Å². The average molecular weight is 496 g/mol. The fourth-order valence-corrected chi connectivity index (χ4v) is 10.3. The summed E-state index contributed by atoms with van der Waals surface area (Å²) < 4.78 is 1.01. The van der Waals surface area contributed by atoms with Gasteiger partial charge >= 0.3 is 0 Å². The van der Waals surface area contributed by atoms with Gasteiger partial charge in [0.15, 0.2) is 10.1 Å². The fourth-order valence-electron chi connectivity index (χ4n) is 8.21. The number of rotatable bonds is 4. The third-order valence-corrected chi connectivity index (χ3v) is 12.0. The van der Waals surface area contributed by atoms with Gasteiger partial charge in [0.05, 0.1) is 22.4 Å². The van der Waals surface area contributed by atoms with Gasteiger partial charge in [-0.25, -0.2) is 4.98 Å². The Kier molecular flexibility index (Phi) is 5.58. The zero-order chi connectivity index (χ0) is 23.7. The highest BCUT2D eigenvalue weighted by atomic mass is 32.2. The maximum atomic E-state index is 13.5. The van der Waals surface area contributed by atoms with Crippen LogP contribution in [0.1, 0.15) is 62.9 Å². The molecule has 1 heterocycles. The summed E-state index contributed by atoms with van der Waals surface area (Å²) in [5.41, 5.74) is 1.98. The Labute approximate surface area is 210 Å². The van der Waals surface area contributed by atoms with Gasteiger partial charge in [-0.3, -0.25) is 9.59 Å². The van der Waals surface area contributed by atoms with E-state index in [9.17, 15) is 14.7 Å². The van der Waals surface area contributed by atoms with Crippen molar-refractivity contribution in [1.29, 1.82) is 0 Å². The summed E-state index contributed by atoms with van der Waals surface area (Å²) in [7, 11) is 0. The van der Waals surface area contributed by atoms with E-state index in [2.05, 4.69) is 32.1 Å². The van der Waals surface area contributed by atoms with Crippen LogP contribution in [0.3, 0.4) is 0 Å². The Balaban J connectivity index is 1.19. The van der Waals surface area contributed by atoms with Gasteiger partial charge in [-0.1, -0.05) is 43.3 Å². The Morgan fingerprint density at radius 1 is 1.24 bits per heavy atom. The van der Waals surface area contributed by atoms with E-state index in [-0.39, 0.29) is 28.4 Å². The normalized spacial score (nSPS) is 40.3. The molecule has 34 heavy (non-hydrogen) atoms.